The molecular weight excluding hydrogens is 236 g/mol. The maximum absolute atomic E-state index is 11.6. The summed E-state index contributed by atoms with van der Waals surface area (Å²) < 4.78 is 0. The summed E-state index contributed by atoms with van der Waals surface area (Å²) in [6, 6.07) is 9.95. The summed E-state index contributed by atoms with van der Waals surface area (Å²) in [6.45, 7) is 7.05. The highest BCUT2D eigenvalue weighted by atomic mass is 35.5. The summed E-state index contributed by atoms with van der Waals surface area (Å²) in [5.41, 5.74) is 1.13. The van der Waals surface area contributed by atoms with Crippen LogP contribution in [0.2, 0.25) is 0 Å². The van der Waals surface area contributed by atoms with Crippen LogP contribution >= 0.6 is 12.4 Å². The first-order valence-corrected chi connectivity index (χ1v) is 5.79. The van der Waals surface area contributed by atoms with Gasteiger partial charge in [0.15, 0.2) is 0 Å². The second-order valence-corrected chi connectivity index (χ2v) is 3.72. The van der Waals surface area contributed by atoms with Gasteiger partial charge in [0.1, 0.15) is 0 Å². The van der Waals surface area contributed by atoms with Gasteiger partial charge < -0.3 is 5.32 Å². The van der Waals surface area contributed by atoms with Crippen LogP contribution in [0.25, 0.3) is 0 Å². The van der Waals surface area contributed by atoms with Crippen molar-refractivity contribution in [3.8, 4) is 0 Å². The first kappa shape index (κ1) is 15.9. The number of hydrogen-bond donors (Lipinski definition) is 1. The standard InChI is InChI=1S/C13H20N2O.ClH/c1-3-15(4-2)11-13(16)14-10-12-8-6-5-7-9-12;/h5-9H,3-4,10-11H2,1-2H3,(H,14,16);1H. The fourth-order valence-electron chi connectivity index (χ4n) is 1.50. The molecule has 1 N–H and O–H groups in total. The van der Waals surface area contributed by atoms with Crippen LogP contribution < -0.4 is 5.32 Å². The van der Waals surface area contributed by atoms with Gasteiger partial charge in [-0.1, -0.05) is 44.2 Å². The Bertz CT molecular complexity index is 312. The normalized spacial score (nSPS) is 9.82. The van der Waals surface area contributed by atoms with E-state index in [1.165, 1.54) is 0 Å². The van der Waals surface area contributed by atoms with Crippen LogP contribution in [0.3, 0.4) is 0 Å². The summed E-state index contributed by atoms with van der Waals surface area (Å²) in [5, 5.41) is 2.92. The zero-order valence-corrected chi connectivity index (χ0v) is 11.3. The molecule has 0 saturated carbocycles. The van der Waals surface area contributed by atoms with Gasteiger partial charge in [-0.2, -0.15) is 0 Å². The SMILES string of the molecule is CCN(CC)CC(=O)NCc1ccccc1.Cl. The van der Waals surface area contributed by atoms with E-state index in [0.717, 1.165) is 18.7 Å². The number of nitrogens with one attached hydrogen (secondary N) is 1. The van der Waals surface area contributed by atoms with Crippen LogP contribution in [0.1, 0.15) is 19.4 Å². The molecule has 0 aliphatic heterocycles. The Morgan fingerprint density at radius 2 is 1.76 bits per heavy atom. The fraction of sp³-hybridized carbons (Fsp3) is 0.462. The minimum atomic E-state index is 0. The smallest absolute Gasteiger partial charge is 0.234 e. The number of amides is 1. The zero-order chi connectivity index (χ0) is 11.8. The second kappa shape index (κ2) is 9.02. The molecule has 96 valence electrons. The number of halogens is 1. The zero-order valence-electron chi connectivity index (χ0n) is 10.5. The Balaban J connectivity index is 0.00000256. The number of carbonyl (C=O) groups excluding carboxylic acids is 1. The van der Waals surface area contributed by atoms with E-state index < -0.39 is 0 Å². The van der Waals surface area contributed by atoms with Crippen molar-refractivity contribution in [2.75, 3.05) is 19.6 Å². The molecule has 3 nitrogen and oxygen atoms in total. The van der Waals surface area contributed by atoms with Gasteiger partial charge in [-0.3, -0.25) is 9.69 Å². The lowest BCUT2D eigenvalue weighted by Gasteiger charge is -2.17. The largest absolute Gasteiger partial charge is 0.351 e. The molecule has 0 fully saturated rings. The van der Waals surface area contributed by atoms with Crippen molar-refractivity contribution in [1.29, 1.82) is 0 Å². The monoisotopic (exact) mass is 256 g/mol. The van der Waals surface area contributed by atoms with Crippen molar-refractivity contribution in [1.82, 2.24) is 10.2 Å². The van der Waals surface area contributed by atoms with Gasteiger partial charge in [-0.05, 0) is 18.7 Å². The van der Waals surface area contributed by atoms with E-state index >= 15 is 0 Å². The number of likely N-dealkylation sites (N-methyl/N-ethyl adjacent to an activating group) is 1. The Morgan fingerprint density at radius 1 is 1.18 bits per heavy atom. The quantitative estimate of drug-likeness (QED) is 0.845. The Morgan fingerprint density at radius 3 is 2.29 bits per heavy atom. The summed E-state index contributed by atoms with van der Waals surface area (Å²) in [4.78, 5) is 13.7. The average Bonchev–Trinajstić information content (AvgIpc) is 2.34. The van der Waals surface area contributed by atoms with Crippen molar-refractivity contribution in [2.24, 2.45) is 0 Å². The Labute approximate surface area is 110 Å². The number of nitrogens with zero attached hydrogens (tertiary/aromatic N) is 1. The summed E-state index contributed by atoms with van der Waals surface area (Å²) >= 11 is 0. The summed E-state index contributed by atoms with van der Waals surface area (Å²) in [7, 11) is 0. The van der Waals surface area contributed by atoms with E-state index in [0.29, 0.717) is 13.1 Å². The minimum absolute atomic E-state index is 0. The van der Waals surface area contributed by atoms with Crippen LogP contribution in [0.4, 0.5) is 0 Å². The fourth-order valence-corrected chi connectivity index (χ4v) is 1.50. The molecule has 0 bridgehead atoms. The van der Waals surface area contributed by atoms with E-state index in [9.17, 15) is 4.79 Å². The van der Waals surface area contributed by atoms with Crippen molar-refractivity contribution >= 4 is 18.3 Å². The molecule has 0 heterocycles. The van der Waals surface area contributed by atoms with E-state index in [2.05, 4.69) is 24.1 Å². The summed E-state index contributed by atoms with van der Waals surface area (Å²) in [6.07, 6.45) is 0. The average molecular weight is 257 g/mol. The number of carbonyl (C=O) groups is 1. The Kier molecular flexibility index (Phi) is 8.46. The van der Waals surface area contributed by atoms with Crippen LogP contribution in [-0.2, 0) is 11.3 Å². The molecule has 1 aromatic carbocycles. The van der Waals surface area contributed by atoms with Gasteiger partial charge in [0, 0.05) is 6.54 Å². The molecule has 0 aromatic heterocycles. The van der Waals surface area contributed by atoms with Crippen LogP contribution in [-0.4, -0.2) is 30.4 Å². The molecule has 1 aromatic rings. The number of hydrogen-bond acceptors (Lipinski definition) is 2. The predicted molar refractivity (Wildman–Crippen MR) is 73.3 cm³/mol. The Hall–Kier alpha value is -1.06. The first-order chi connectivity index (χ1) is 7.76. The van der Waals surface area contributed by atoms with Crippen molar-refractivity contribution in [3.63, 3.8) is 0 Å². The van der Waals surface area contributed by atoms with Crippen LogP contribution in [0, 0.1) is 0 Å². The van der Waals surface area contributed by atoms with Crippen molar-refractivity contribution < 1.29 is 4.79 Å². The van der Waals surface area contributed by atoms with Gasteiger partial charge in [0.05, 0.1) is 6.54 Å². The molecule has 0 radical (unpaired) electrons. The molecule has 0 aliphatic rings. The third-order valence-corrected chi connectivity index (χ3v) is 2.59. The molecule has 17 heavy (non-hydrogen) atoms. The van der Waals surface area contributed by atoms with E-state index in [1.54, 1.807) is 0 Å². The third kappa shape index (κ3) is 6.29. The van der Waals surface area contributed by atoms with Gasteiger partial charge in [0.25, 0.3) is 0 Å². The highest BCUT2D eigenvalue weighted by Crippen LogP contribution is 1.97. The van der Waals surface area contributed by atoms with Gasteiger partial charge in [-0.25, -0.2) is 0 Å². The van der Waals surface area contributed by atoms with Gasteiger partial charge in [0.2, 0.25) is 5.91 Å². The van der Waals surface area contributed by atoms with Crippen molar-refractivity contribution in [2.45, 2.75) is 20.4 Å². The van der Waals surface area contributed by atoms with Crippen LogP contribution in [0.5, 0.6) is 0 Å². The lowest BCUT2D eigenvalue weighted by molar-refractivity contribution is -0.122. The molecule has 4 heteroatoms. The number of rotatable bonds is 6. The lowest BCUT2D eigenvalue weighted by atomic mass is 10.2. The molecule has 0 aliphatic carbocycles. The molecule has 1 rings (SSSR count). The highest BCUT2D eigenvalue weighted by molar-refractivity contribution is 5.85. The maximum Gasteiger partial charge on any atom is 0.234 e. The van der Waals surface area contributed by atoms with Gasteiger partial charge >= 0.3 is 0 Å². The second-order valence-electron chi connectivity index (χ2n) is 3.72. The molecular formula is C13H21ClN2O. The van der Waals surface area contributed by atoms with E-state index in [4.69, 9.17) is 0 Å². The lowest BCUT2D eigenvalue weighted by Crippen LogP contribution is -2.36. The molecule has 0 spiro atoms. The van der Waals surface area contributed by atoms with Crippen LogP contribution in [0.15, 0.2) is 30.3 Å². The summed E-state index contributed by atoms with van der Waals surface area (Å²) in [5.74, 6) is 0.0903. The third-order valence-electron chi connectivity index (χ3n) is 2.59. The first-order valence-electron chi connectivity index (χ1n) is 5.79. The van der Waals surface area contributed by atoms with E-state index in [-0.39, 0.29) is 18.3 Å². The highest BCUT2D eigenvalue weighted by Gasteiger charge is 2.06. The molecule has 0 atom stereocenters. The molecule has 1 amide bonds. The predicted octanol–water partition coefficient (Wildman–Crippen LogP) is 2.07. The molecule has 0 unspecified atom stereocenters. The number of benzene rings is 1. The minimum Gasteiger partial charge on any atom is -0.351 e. The topological polar surface area (TPSA) is 32.3 Å². The van der Waals surface area contributed by atoms with Crippen molar-refractivity contribution in [3.05, 3.63) is 35.9 Å². The van der Waals surface area contributed by atoms with E-state index in [1.807, 2.05) is 30.3 Å². The molecule has 0 saturated heterocycles. The van der Waals surface area contributed by atoms with Gasteiger partial charge in [-0.15, -0.1) is 12.4 Å². The maximum atomic E-state index is 11.6.